The molecule has 0 amide bonds. The van der Waals surface area contributed by atoms with E-state index in [0.29, 0.717) is 29.3 Å². The van der Waals surface area contributed by atoms with Crippen molar-refractivity contribution in [2.45, 2.75) is 50.4 Å². The van der Waals surface area contributed by atoms with Crippen LogP contribution in [0.2, 0.25) is 0 Å². The van der Waals surface area contributed by atoms with Gasteiger partial charge < -0.3 is 9.26 Å². The Morgan fingerprint density at radius 3 is 3.06 bits per heavy atom. The minimum Gasteiger partial charge on any atom is -0.457 e. The molecule has 0 spiro atoms. The molecule has 6 heteroatoms. The monoisotopic (exact) mass is 270 g/mol. The molecule has 1 heterocycles. The lowest BCUT2D eigenvalue weighted by Crippen LogP contribution is -2.08. The van der Waals surface area contributed by atoms with Crippen molar-refractivity contribution in [2.75, 3.05) is 6.26 Å². The Labute approximate surface area is 111 Å². The first kappa shape index (κ1) is 13.4. The van der Waals surface area contributed by atoms with Crippen LogP contribution in [0.1, 0.15) is 50.2 Å². The predicted molar refractivity (Wildman–Crippen MR) is 68.3 cm³/mol. The van der Waals surface area contributed by atoms with E-state index in [2.05, 4.69) is 17.1 Å². The van der Waals surface area contributed by atoms with Gasteiger partial charge in [-0.2, -0.15) is 16.7 Å². The van der Waals surface area contributed by atoms with E-state index in [4.69, 9.17) is 9.26 Å². The summed E-state index contributed by atoms with van der Waals surface area (Å²) in [6, 6.07) is 0. The zero-order valence-corrected chi connectivity index (χ0v) is 11.5. The molecule has 0 bridgehead atoms. The fraction of sp³-hybridized carbons (Fsp3) is 0.750. The van der Waals surface area contributed by atoms with E-state index < -0.39 is 0 Å². The van der Waals surface area contributed by atoms with Crippen LogP contribution in [0.15, 0.2) is 4.52 Å². The Kier molecular flexibility index (Phi) is 4.63. The molecule has 0 aliphatic heterocycles. The molecule has 100 valence electrons. The van der Waals surface area contributed by atoms with E-state index in [1.165, 1.54) is 0 Å². The highest BCUT2D eigenvalue weighted by molar-refractivity contribution is 7.99. The van der Waals surface area contributed by atoms with Gasteiger partial charge >= 0.3 is 5.97 Å². The molecule has 5 nitrogen and oxygen atoms in total. The summed E-state index contributed by atoms with van der Waals surface area (Å²) >= 11 is 1.75. The van der Waals surface area contributed by atoms with Crippen LogP contribution in [-0.4, -0.2) is 27.6 Å². The van der Waals surface area contributed by atoms with Crippen molar-refractivity contribution in [3.63, 3.8) is 0 Å². The molecule has 1 fully saturated rings. The average Bonchev–Trinajstić information content (AvgIpc) is 3.13. The molecule has 1 aliphatic carbocycles. The number of thioether (sulfide) groups is 1. The summed E-state index contributed by atoms with van der Waals surface area (Å²) < 4.78 is 10.2. The maximum Gasteiger partial charge on any atom is 0.306 e. The van der Waals surface area contributed by atoms with E-state index in [1.807, 2.05) is 6.26 Å². The number of ether oxygens (including phenoxy) is 1. The van der Waals surface area contributed by atoms with Crippen LogP contribution in [0.5, 0.6) is 0 Å². The van der Waals surface area contributed by atoms with Crippen molar-refractivity contribution in [2.24, 2.45) is 0 Å². The highest BCUT2D eigenvalue weighted by Crippen LogP contribution is 2.38. The molecular weight excluding hydrogens is 252 g/mol. The van der Waals surface area contributed by atoms with Crippen LogP contribution in [0.4, 0.5) is 0 Å². The van der Waals surface area contributed by atoms with E-state index in [9.17, 15) is 4.79 Å². The van der Waals surface area contributed by atoms with Crippen LogP contribution >= 0.6 is 11.8 Å². The van der Waals surface area contributed by atoms with E-state index in [-0.39, 0.29) is 12.6 Å². The molecule has 2 rings (SSSR count). The lowest BCUT2D eigenvalue weighted by molar-refractivity contribution is -0.145. The topological polar surface area (TPSA) is 65.2 Å². The first-order valence-electron chi connectivity index (χ1n) is 6.20. The second kappa shape index (κ2) is 6.22. The Hall–Kier alpha value is -1.04. The Morgan fingerprint density at radius 1 is 1.61 bits per heavy atom. The van der Waals surface area contributed by atoms with Crippen molar-refractivity contribution >= 4 is 17.7 Å². The third-order valence-electron chi connectivity index (χ3n) is 2.93. The van der Waals surface area contributed by atoms with Crippen molar-refractivity contribution < 1.29 is 14.1 Å². The summed E-state index contributed by atoms with van der Waals surface area (Å²) in [5.74, 6) is 1.37. The number of carbonyl (C=O) groups is 1. The SMILES string of the molecule is CSC(C)CCC(=O)OCc1noc(C2CC2)n1. The number of esters is 1. The predicted octanol–water partition coefficient (Wildman–Crippen LogP) is 2.52. The number of hydrogen-bond acceptors (Lipinski definition) is 6. The van der Waals surface area contributed by atoms with Crippen LogP contribution in [-0.2, 0) is 16.1 Å². The normalized spacial score (nSPS) is 16.6. The fourth-order valence-electron chi connectivity index (χ4n) is 1.48. The molecule has 1 aromatic rings. The van der Waals surface area contributed by atoms with Crippen molar-refractivity contribution in [1.82, 2.24) is 10.1 Å². The molecule has 1 unspecified atom stereocenters. The van der Waals surface area contributed by atoms with E-state index in [0.717, 1.165) is 19.3 Å². The van der Waals surface area contributed by atoms with Gasteiger partial charge in [-0.05, 0) is 25.5 Å². The number of rotatable bonds is 7. The molecule has 18 heavy (non-hydrogen) atoms. The zero-order chi connectivity index (χ0) is 13.0. The van der Waals surface area contributed by atoms with Crippen molar-refractivity contribution in [3.05, 3.63) is 11.7 Å². The maximum atomic E-state index is 11.5. The quantitative estimate of drug-likeness (QED) is 0.709. The van der Waals surface area contributed by atoms with Gasteiger partial charge in [-0.1, -0.05) is 12.1 Å². The second-order valence-corrected chi connectivity index (χ2v) is 5.84. The van der Waals surface area contributed by atoms with Gasteiger partial charge in [0.05, 0.1) is 0 Å². The van der Waals surface area contributed by atoms with E-state index >= 15 is 0 Å². The molecule has 1 atom stereocenters. The maximum absolute atomic E-state index is 11.5. The summed E-state index contributed by atoms with van der Waals surface area (Å²) in [6.45, 7) is 2.21. The summed E-state index contributed by atoms with van der Waals surface area (Å²) in [4.78, 5) is 15.7. The molecule has 1 saturated carbocycles. The van der Waals surface area contributed by atoms with Crippen LogP contribution in [0.25, 0.3) is 0 Å². The van der Waals surface area contributed by atoms with Gasteiger partial charge in [0.2, 0.25) is 11.7 Å². The van der Waals surface area contributed by atoms with Gasteiger partial charge in [0.1, 0.15) is 0 Å². The Morgan fingerprint density at radius 2 is 2.39 bits per heavy atom. The van der Waals surface area contributed by atoms with Gasteiger partial charge in [0.25, 0.3) is 0 Å². The van der Waals surface area contributed by atoms with E-state index in [1.54, 1.807) is 11.8 Å². The first-order chi connectivity index (χ1) is 8.69. The van der Waals surface area contributed by atoms with Gasteiger partial charge in [0.15, 0.2) is 6.61 Å². The number of hydrogen-bond donors (Lipinski definition) is 0. The van der Waals surface area contributed by atoms with Crippen molar-refractivity contribution in [3.8, 4) is 0 Å². The third-order valence-corrected chi connectivity index (χ3v) is 3.97. The standard InChI is InChI=1S/C12H18N2O3S/c1-8(18-2)3-6-11(15)16-7-10-13-12(17-14-10)9-4-5-9/h8-9H,3-7H2,1-2H3. The fourth-order valence-corrected chi connectivity index (χ4v) is 1.83. The van der Waals surface area contributed by atoms with Crippen LogP contribution < -0.4 is 0 Å². The highest BCUT2D eigenvalue weighted by Gasteiger charge is 2.29. The number of carbonyl (C=O) groups excluding carboxylic acids is 1. The molecule has 0 aromatic carbocycles. The molecule has 1 aliphatic rings. The molecule has 1 aromatic heterocycles. The molecular formula is C12H18N2O3S. The minimum atomic E-state index is -0.200. The highest BCUT2D eigenvalue weighted by atomic mass is 32.2. The largest absolute Gasteiger partial charge is 0.457 e. The lowest BCUT2D eigenvalue weighted by atomic mass is 10.2. The van der Waals surface area contributed by atoms with Crippen LogP contribution in [0.3, 0.4) is 0 Å². The summed E-state index contributed by atoms with van der Waals surface area (Å²) in [7, 11) is 0. The molecule has 0 saturated heterocycles. The van der Waals surface area contributed by atoms with Crippen molar-refractivity contribution in [1.29, 1.82) is 0 Å². The van der Waals surface area contributed by atoms with Gasteiger partial charge in [-0.25, -0.2) is 0 Å². The Bertz CT molecular complexity index is 404. The van der Waals surface area contributed by atoms with Gasteiger partial charge in [-0.3, -0.25) is 4.79 Å². The van der Waals surface area contributed by atoms with Gasteiger partial charge in [-0.15, -0.1) is 0 Å². The summed E-state index contributed by atoms with van der Waals surface area (Å²) in [5.41, 5.74) is 0. The first-order valence-corrected chi connectivity index (χ1v) is 7.48. The number of nitrogens with zero attached hydrogens (tertiary/aromatic N) is 2. The number of aromatic nitrogens is 2. The summed E-state index contributed by atoms with van der Waals surface area (Å²) in [6.07, 6.45) is 5.55. The lowest BCUT2D eigenvalue weighted by Gasteiger charge is -2.06. The molecule has 0 N–H and O–H groups in total. The molecule has 0 radical (unpaired) electrons. The second-order valence-electron chi connectivity index (χ2n) is 4.57. The third kappa shape index (κ3) is 4.01. The smallest absolute Gasteiger partial charge is 0.306 e. The minimum absolute atomic E-state index is 0.114. The van der Waals surface area contributed by atoms with Crippen LogP contribution in [0, 0.1) is 0 Å². The average molecular weight is 270 g/mol. The van der Waals surface area contributed by atoms with Gasteiger partial charge in [0, 0.05) is 17.6 Å². The Balaban J connectivity index is 1.68. The summed E-state index contributed by atoms with van der Waals surface area (Å²) in [5, 5.41) is 4.27. The zero-order valence-electron chi connectivity index (χ0n) is 10.7.